The number of aldehydes is 1. The standard InChI is InChI=1S/C9H10O2S/c1-11-7-12-9-4-2-3-8(5-9)6-10/h2-6H,7H2,1H3. The van der Waals surface area contributed by atoms with Crippen LogP contribution in [0.4, 0.5) is 0 Å². The molecule has 0 N–H and O–H groups in total. The number of hydrogen-bond donors (Lipinski definition) is 0. The Balaban J connectivity index is 2.66. The first-order valence-corrected chi connectivity index (χ1v) is 4.52. The number of thioether (sulfide) groups is 1. The highest BCUT2D eigenvalue weighted by Crippen LogP contribution is 2.17. The van der Waals surface area contributed by atoms with Crippen molar-refractivity contribution in [3.8, 4) is 0 Å². The van der Waals surface area contributed by atoms with Gasteiger partial charge in [0.25, 0.3) is 0 Å². The molecule has 3 heteroatoms. The van der Waals surface area contributed by atoms with Gasteiger partial charge in [0.15, 0.2) is 0 Å². The van der Waals surface area contributed by atoms with Crippen LogP contribution in [-0.4, -0.2) is 19.3 Å². The molecule has 0 aromatic heterocycles. The van der Waals surface area contributed by atoms with Crippen LogP contribution in [0.5, 0.6) is 0 Å². The second-order valence-electron chi connectivity index (χ2n) is 2.24. The van der Waals surface area contributed by atoms with Crippen molar-refractivity contribution in [1.82, 2.24) is 0 Å². The zero-order valence-corrected chi connectivity index (χ0v) is 7.64. The van der Waals surface area contributed by atoms with E-state index in [9.17, 15) is 4.79 Å². The summed E-state index contributed by atoms with van der Waals surface area (Å²) in [6, 6.07) is 7.44. The molecule has 12 heavy (non-hydrogen) atoms. The highest BCUT2D eigenvalue weighted by Gasteiger charge is 1.94. The number of rotatable bonds is 4. The normalized spacial score (nSPS) is 9.75. The molecular formula is C9H10O2S. The lowest BCUT2D eigenvalue weighted by Crippen LogP contribution is -1.83. The van der Waals surface area contributed by atoms with Gasteiger partial charge in [0.05, 0.1) is 5.94 Å². The molecular weight excluding hydrogens is 172 g/mol. The van der Waals surface area contributed by atoms with Gasteiger partial charge in [0.2, 0.25) is 0 Å². The fourth-order valence-electron chi connectivity index (χ4n) is 0.805. The average molecular weight is 182 g/mol. The molecule has 0 radical (unpaired) electrons. The summed E-state index contributed by atoms with van der Waals surface area (Å²) >= 11 is 1.57. The smallest absolute Gasteiger partial charge is 0.150 e. The number of methoxy groups -OCH3 is 1. The van der Waals surface area contributed by atoms with E-state index in [-0.39, 0.29) is 0 Å². The van der Waals surface area contributed by atoms with Gasteiger partial charge in [-0.2, -0.15) is 0 Å². The van der Waals surface area contributed by atoms with E-state index in [1.54, 1.807) is 24.9 Å². The molecule has 0 saturated heterocycles. The second-order valence-corrected chi connectivity index (χ2v) is 3.24. The topological polar surface area (TPSA) is 26.3 Å². The van der Waals surface area contributed by atoms with Gasteiger partial charge in [-0.05, 0) is 12.1 Å². The first-order chi connectivity index (χ1) is 5.86. The summed E-state index contributed by atoms with van der Waals surface area (Å²) in [7, 11) is 1.65. The first kappa shape index (κ1) is 9.29. The molecule has 0 saturated carbocycles. The quantitative estimate of drug-likeness (QED) is 0.405. The summed E-state index contributed by atoms with van der Waals surface area (Å²) in [6.45, 7) is 0. The molecule has 0 amide bonds. The number of benzene rings is 1. The molecule has 0 unspecified atom stereocenters. The first-order valence-electron chi connectivity index (χ1n) is 3.54. The lowest BCUT2D eigenvalue weighted by Gasteiger charge is -1.99. The van der Waals surface area contributed by atoms with Crippen LogP contribution in [0, 0.1) is 0 Å². The van der Waals surface area contributed by atoms with Gasteiger partial charge in [-0.1, -0.05) is 23.9 Å². The zero-order chi connectivity index (χ0) is 8.81. The molecule has 0 aliphatic heterocycles. The molecule has 0 aliphatic carbocycles. The van der Waals surface area contributed by atoms with Crippen molar-refractivity contribution in [2.24, 2.45) is 0 Å². The minimum absolute atomic E-state index is 0.613. The Morgan fingerprint density at radius 1 is 1.58 bits per heavy atom. The van der Waals surface area contributed by atoms with E-state index < -0.39 is 0 Å². The molecule has 1 rings (SSSR count). The maximum Gasteiger partial charge on any atom is 0.150 e. The summed E-state index contributed by atoms with van der Waals surface area (Å²) in [5.74, 6) is 0.613. The van der Waals surface area contributed by atoms with Crippen molar-refractivity contribution >= 4 is 18.0 Å². The molecule has 0 fully saturated rings. The summed E-state index contributed by atoms with van der Waals surface area (Å²) in [5.41, 5.74) is 0.705. The third kappa shape index (κ3) is 2.68. The Morgan fingerprint density at radius 3 is 3.08 bits per heavy atom. The third-order valence-corrected chi connectivity index (χ3v) is 2.28. The Kier molecular flexibility index (Phi) is 3.84. The summed E-state index contributed by atoms with van der Waals surface area (Å²) in [4.78, 5) is 11.4. The highest BCUT2D eigenvalue weighted by molar-refractivity contribution is 7.99. The van der Waals surface area contributed by atoms with Crippen molar-refractivity contribution in [3.63, 3.8) is 0 Å². The van der Waals surface area contributed by atoms with Crippen LogP contribution >= 0.6 is 11.8 Å². The highest BCUT2D eigenvalue weighted by atomic mass is 32.2. The van der Waals surface area contributed by atoms with Crippen molar-refractivity contribution < 1.29 is 9.53 Å². The maximum atomic E-state index is 10.4. The molecule has 64 valence electrons. The number of ether oxygens (including phenoxy) is 1. The van der Waals surface area contributed by atoms with Gasteiger partial charge in [-0.15, -0.1) is 0 Å². The van der Waals surface area contributed by atoms with Crippen molar-refractivity contribution in [2.45, 2.75) is 4.90 Å². The second kappa shape index (κ2) is 4.95. The van der Waals surface area contributed by atoms with Crippen LogP contribution in [0.2, 0.25) is 0 Å². The van der Waals surface area contributed by atoms with E-state index in [4.69, 9.17) is 4.74 Å². The van der Waals surface area contributed by atoms with E-state index in [0.29, 0.717) is 11.5 Å². The summed E-state index contributed by atoms with van der Waals surface area (Å²) in [6.07, 6.45) is 0.844. The monoisotopic (exact) mass is 182 g/mol. The number of carbonyl (C=O) groups excluding carboxylic acids is 1. The van der Waals surface area contributed by atoms with Crippen LogP contribution < -0.4 is 0 Å². The molecule has 0 aliphatic rings. The van der Waals surface area contributed by atoms with Gasteiger partial charge in [-0.25, -0.2) is 0 Å². The molecule has 2 nitrogen and oxygen atoms in total. The zero-order valence-electron chi connectivity index (χ0n) is 6.82. The Labute approximate surface area is 75.9 Å². The van der Waals surface area contributed by atoms with E-state index in [1.807, 2.05) is 18.2 Å². The fraction of sp³-hybridized carbons (Fsp3) is 0.222. The Bertz CT molecular complexity index is 260. The fourth-order valence-corrected chi connectivity index (χ4v) is 1.45. The van der Waals surface area contributed by atoms with Gasteiger partial charge in [-0.3, -0.25) is 4.79 Å². The van der Waals surface area contributed by atoms with Crippen LogP contribution in [0.15, 0.2) is 29.2 Å². The SMILES string of the molecule is COCSc1cccc(C=O)c1. The van der Waals surface area contributed by atoms with Crippen molar-refractivity contribution in [2.75, 3.05) is 13.0 Å². The minimum atomic E-state index is 0.613. The molecule has 0 heterocycles. The van der Waals surface area contributed by atoms with Gasteiger partial charge in [0, 0.05) is 17.6 Å². The van der Waals surface area contributed by atoms with Crippen LogP contribution in [0.1, 0.15) is 10.4 Å². The lowest BCUT2D eigenvalue weighted by atomic mass is 10.2. The largest absolute Gasteiger partial charge is 0.374 e. The Morgan fingerprint density at radius 2 is 2.42 bits per heavy atom. The lowest BCUT2D eigenvalue weighted by molar-refractivity contribution is 0.112. The predicted molar refractivity (Wildman–Crippen MR) is 49.6 cm³/mol. The summed E-state index contributed by atoms with van der Waals surface area (Å²) < 4.78 is 4.89. The van der Waals surface area contributed by atoms with Crippen molar-refractivity contribution in [3.05, 3.63) is 29.8 Å². The third-order valence-electron chi connectivity index (χ3n) is 1.34. The van der Waals surface area contributed by atoms with Gasteiger partial charge < -0.3 is 4.74 Å². The molecule has 0 spiro atoms. The average Bonchev–Trinajstić information content (AvgIpc) is 2.15. The maximum absolute atomic E-state index is 10.4. The number of hydrogen-bond acceptors (Lipinski definition) is 3. The molecule has 1 aromatic rings. The minimum Gasteiger partial charge on any atom is -0.374 e. The van der Waals surface area contributed by atoms with E-state index in [0.717, 1.165) is 11.2 Å². The van der Waals surface area contributed by atoms with E-state index in [2.05, 4.69) is 0 Å². The van der Waals surface area contributed by atoms with Crippen LogP contribution in [0.3, 0.4) is 0 Å². The predicted octanol–water partition coefficient (Wildman–Crippen LogP) is 2.20. The Hall–Kier alpha value is -0.800. The molecule has 0 bridgehead atoms. The van der Waals surface area contributed by atoms with Gasteiger partial charge >= 0.3 is 0 Å². The van der Waals surface area contributed by atoms with Crippen molar-refractivity contribution in [1.29, 1.82) is 0 Å². The summed E-state index contributed by atoms with van der Waals surface area (Å²) in [5, 5.41) is 0. The molecule has 0 atom stereocenters. The van der Waals surface area contributed by atoms with Crippen LogP contribution in [0.25, 0.3) is 0 Å². The molecule has 1 aromatic carbocycles. The number of carbonyl (C=O) groups is 1. The van der Waals surface area contributed by atoms with E-state index >= 15 is 0 Å². The van der Waals surface area contributed by atoms with Gasteiger partial charge in [0.1, 0.15) is 6.29 Å². The van der Waals surface area contributed by atoms with Crippen LogP contribution in [-0.2, 0) is 4.74 Å². The van der Waals surface area contributed by atoms with E-state index in [1.165, 1.54) is 0 Å².